The average Bonchev–Trinajstić information content (AvgIpc) is 2.85. The van der Waals surface area contributed by atoms with Crippen LogP contribution in [0.25, 0.3) is 0 Å². The number of amides is 1. The number of carbonyl (C=O) groups is 1. The predicted molar refractivity (Wildman–Crippen MR) is 68.7 cm³/mol. The van der Waals surface area contributed by atoms with Crippen LogP contribution in [0.15, 0.2) is 16.6 Å². The molecule has 0 saturated carbocycles. The van der Waals surface area contributed by atoms with E-state index in [9.17, 15) is 26.7 Å². The van der Waals surface area contributed by atoms with Crippen LogP contribution in [0.4, 0.5) is 27.6 Å². The van der Waals surface area contributed by atoms with Gasteiger partial charge in [0, 0.05) is 12.6 Å². The molecule has 1 aromatic rings. The molecule has 2 N–H and O–H groups in total. The molecule has 1 aliphatic rings. The summed E-state index contributed by atoms with van der Waals surface area (Å²) in [6, 6.07) is 1.36. The van der Waals surface area contributed by atoms with Gasteiger partial charge in [-0.1, -0.05) is 0 Å². The highest BCUT2D eigenvalue weighted by Gasteiger charge is 2.61. The maximum atomic E-state index is 13.6. The Balaban J connectivity index is 2.31. The largest absolute Gasteiger partial charge is 0.404 e. The molecule has 1 atom stereocenters. The number of carbonyl (C=O) groups excluding carboxylic acids is 1. The highest BCUT2D eigenvalue weighted by Crippen LogP contribution is 2.44. The maximum absolute atomic E-state index is 13.6. The van der Waals surface area contributed by atoms with E-state index in [2.05, 4.69) is 21.2 Å². The van der Waals surface area contributed by atoms with E-state index in [0.29, 0.717) is 6.07 Å². The van der Waals surface area contributed by atoms with Crippen molar-refractivity contribution in [1.82, 2.24) is 5.32 Å². The molecule has 0 aliphatic carbocycles. The monoisotopic (exact) mass is 372 g/mol. The highest BCUT2D eigenvalue weighted by atomic mass is 79.9. The van der Waals surface area contributed by atoms with Gasteiger partial charge in [-0.15, -0.1) is 0 Å². The zero-order chi connectivity index (χ0) is 15.8. The SMILES string of the molecule is O=C(Nc1cc(F)c(Br)cc1F)C1(C(F)(F)F)CCNC1. The molecule has 9 heteroatoms. The summed E-state index contributed by atoms with van der Waals surface area (Å²) in [6.45, 7) is -0.576. The summed E-state index contributed by atoms with van der Waals surface area (Å²) in [7, 11) is 0. The second kappa shape index (κ2) is 5.53. The van der Waals surface area contributed by atoms with Crippen molar-refractivity contribution in [3.05, 3.63) is 28.2 Å². The molecule has 1 aliphatic heterocycles. The van der Waals surface area contributed by atoms with E-state index in [1.807, 2.05) is 5.32 Å². The number of halogens is 6. The van der Waals surface area contributed by atoms with E-state index in [0.717, 1.165) is 6.07 Å². The quantitative estimate of drug-likeness (QED) is 0.618. The van der Waals surface area contributed by atoms with E-state index in [-0.39, 0.29) is 11.0 Å². The summed E-state index contributed by atoms with van der Waals surface area (Å²) in [6.07, 6.45) is -5.24. The average molecular weight is 373 g/mol. The first kappa shape index (κ1) is 16.2. The Kier molecular flexibility index (Phi) is 4.25. The van der Waals surface area contributed by atoms with Crippen LogP contribution >= 0.6 is 15.9 Å². The lowest BCUT2D eigenvalue weighted by molar-refractivity contribution is -0.213. The summed E-state index contributed by atoms with van der Waals surface area (Å²) in [4.78, 5) is 12.0. The lowest BCUT2D eigenvalue weighted by atomic mass is 9.85. The number of benzene rings is 1. The molecule has 2 rings (SSSR count). The van der Waals surface area contributed by atoms with Crippen molar-refractivity contribution in [2.75, 3.05) is 18.4 Å². The van der Waals surface area contributed by atoms with E-state index in [1.54, 1.807) is 0 Å². The van der Waals surface area contributed by atoms with Gasteiger partial charge in [-0.05, 0) is 35.0 Å². The molecular formula is C12H10BrF5N2O. The van der Waals surface area contributed by atoms with Crippen LogP contribution in [0.1, 0.15) is 6.42 Å². The minimum atomic E-state index is -4.79. The summed E-state index contributed by atoms with van der Waals surface area (Å²) in [5.41, 5.74) is -3.26. The fourth-order valence-electron chi connectivity index (χ4n) is 2.12. The van der Waals surface area contributed by atoms with E-state index < -0.39 is 47.8 Å². The van der Waals surface area contributed by atoms with Gasteiger partial charge in [0.05, 0.1) is 10.2 Å². The molecule has 3 nitrogen and oxygen atoms in total. The molecule has 116 valence electrons. The van der Waals surface area contributed by atoms with Gasteiger partial charge in [0.2, 0.25) is 5.91 Å². The van der Waals surface area contributed by atoms with Crippen LogP contribution in [-0.4, -0.2) is 25.2 Å². The molecule has 0 radical (unpaired) electrons. The Morgan fingerprint density at radius 2 is 1.95 bits per heavy atom. The second-order valence-electron chi connectivity index (χ2n) is 4.71. The number of hydrogen-bond donors (Lipinski definition) is 2. The number of hydrogen-bond acceptors (Lipinski definition) is 2. The van der Waals surface area contributed by atoms with Crippen molar-refractivity contribution in [2.24, 2.45) is 5.41 Å². The lowest BCUT2D eigenvalue weighted by Gasteiger charge is -2.29. The number of anilines is 1. The summed E-state index contributed by atoms with van der Waals surface area (Å²) < 4.78 is 66.1. The van der Waals surface area contributed by atoms with Crippen molar-refractivity contribution in [2.45, 2.75) is 12.6 Å². The van der Waals surface area contributed by atoms with Gasteiger partial charge in [0.1, 0.15) is 11.6 Å². The third kappa shape index (κ3) is 2.89. The van der Waals surface area contributed by atoms with Gasteiger partial charge >= 0.3 is 6.18 Å². The third-order valence-electron chi connectivity index (χ3n) is 3.39. The zero-order valence-electron chi connectivity index (χ0n) is 10.5. The fraction of sp³-hybridized carbons (Fsp3) is 0.417. The van der Waals surface area contributed by atoms with E-state index in [1.165, 1.54) is 0 Å². The van der Waals surface area contributed by atoms with Crippen molar-refractivity contribution in [1.29, 1.82) is 0 Å². The predicted octanol–water partition coefficient (Wildman–Crippen LogP) is 3.21. The molecule has 1 saturated heterocycles. The van der Waals surface area contributed by atoms with Crippen LogP contribution in [0.5, 0.6) is 0 Å². The Morgan fingerprint density at radius 3 is 2.48 bits per heavy atom. The van der Waals surface area contributed by atoms with Gasteiger partial charge < -0.3 is 10.6 Å². The zero-order valence-corrected chi connectivity index (χ0v) is 12.0. The molecule has 1 fully saturated rings. The van der Waals surface area contributed by atoms with Gasteiger partial charge in [0.15, 0.2) is 5.41 Å². The van der Waals surface area contributed by atoms with Gasteiger partial charge in [-0.3, -0.25) is 4.79 Å². The molecule has 1 unspecified atom stereocenters. The Hall–Kier alpha value is -1.22. The van der Waals surface area contributed by atoms with Crippen LogP contribution in [0.2, 0.25) is 0 Å². The fourth-order valence-corrected chi connectivity index (χ4v) is 2.43. The van der Waals surface area contributed by atoms with Gasteiger partial charge in [0.25, 0.3) is 0 Å². The van der Waals surface area contributed by atoms with Crippen LogP contribution in [0, 0.1) is 17.0 Å². The first-order valence-corrected chi connectivity index (χ1v) is 6.70. The highest BCUT2D eigenvalue weighted by molar-refractivity contribution is 9.10. The van der Waals surface area contributed by atoms with E-state index in [4.69, 9.17) is 0 Å². The van der Waals surface area contributed by atoms with E-state index >= 15 is 0 Å². The number of alkyl halides is 3. The molecule has 1 amide bonds. The Bertz CT molecular complexity index is 570. The van der Waals surface area contributed by atoms with Gasteiger partial charge in [-0.2, -0.15) is 13.2 Å². The Morgan fingerprint density at radius 1 is 1.29 bits per heavy atom. The summed E-state index contributed by atoms with van der Waals surface area (Å²) in [5.74, 6) is -3.32. The smallest absolute Gasteiger partial charge is 0.323 e. The molecule has 0 aromatic heterocycles. The van der Waals surface area contributed by atoms with Crippen LogP contribution < -0.4 is 10.6 Å². The first-order chi connectivity index (χ1) is 9.67. The molecule has 0 spiro atoms. The molecule has 0 bridgehead atoms. The third-order valence-corrected chi connectivity index (χ3v) is 4.00. The lowest BCUT2D eigenvalue weighted by Crippen LogP contribution is -2.49. The second-order valence-corrected chi connectivity index (χ2v) is 5.56. The molecule has 1 aromatic carbocycles. The minimum Gasteiger partial charge on any atom is -0.323 e. The summed E-state index contributed by atoms with van der Waals surface area (Å²) >= 11 is 2.74. The van der Waals surface area contributed by atoms with Crippen molar-refractivity contribution >= 4 is 27.5 Å². The van der Waals surface area contributed by atoms with Crippen LogP contribution in [0.3, 0.4) is 0 Å². The number of nitrogens with one attached hydrogen (secondary N) is 2. The van der Waals surface area contributed by atoms with Crippen LogP contribution in [-0.2, 0) is 4.79 Å². The maximum Gasteiger partial charge on any atom is 0.404 e. The van der Waals surface area contributed by atoms with Gasteiger partial charge in [-0.25, -0.2) is 8.78 Å². The molecule has 1 heterocycles. The minimum absolute atomic E-state index is 0.0180. The normalized spacial score (nSPS) is 22.4. The number of rotatable bonds is 2. The molecule has 21 heavy (non-hydrogen) atoms. The van der Waals surface area contributed by atoms with Crippen molar-refractivity contribution in [3.63, 3.8) is 0 Å². The van der Waals surface area contributed by atoms with Crippen molar-refractivity contribution < 1.29 is 26.7 Å². The summed E-state index contributed by atoms with van der Waals surface area (Å²) in [5, 5.41) is 4.30. The topological polar surface area (TPSA) is 41.1 Å². The first-order valence-electron chi connectivity index (χ1n) is 5.91. The Labute approximate surface area is 125 Å². The van der Waals surface area contributed by atoms with Crippen molar-refractivity contribution in [3.8, 4) is 0 Å². The molecular weight excluding hydrogens is 363 g/mol. The standard InChI is InChI=1S/C12H10BrF5N2O/c13-6-3-8(15)9(4-7(6)14)20-10(21)11(12(16,17)18)1-2-19-5-11/h3-4,19H,1-2,5H2,(H,20,21).